The molecule has 42 heavy (non-hydrogen) atoms. The standard InChI is InChI=1S/C34H34N2O4S2/c1-2-40-34(39)30-27-19-10-5-11-20-28(27)42-33(30)36-32(38)31(24-15-8-4-9-16-24)41-26-18-12-17-25(22-26)35-29(37)21-23-13-6-3-7-14-23/h3-4,6-9,12-18,22,31H,2,5,10-11,19-21H2,1H3,(H,35,37)(H,36,38). The summed E-state index contributed by atoms with van der Waals surface area (Å²) in [5.74, 6) is -0.702. The van der Waals surface area contributed by atoms with Gasteiger partial charge in [-0.2, -0.15) is 0 Å². The molecule has 8 heteroatoms. The number of anilines is 2. The van der Waals surface area contributed by atoms with Crippen molar-refractivity contribution in [2.45, 2.75) is 55.6 Å². The van der Waals surface area contributed by atoms with E-state index in [1.165, 1.54) is 23.1 Å². The van der Waals surface area contributed by atoms with Gasteiger partial charge in [0.2, 0.25) is 11.8 Å². The van der Waals surface area contributed by atoms with Crippen LogP contribution < -0.4 is 10.6 Å². The monoisotopic (exact) mass is 598 g/mol. The summed E-state index contributed by atoms with van der Waals surface area (Å²) in [5, 5.41) is 6.06. The summed E-state index contributed by atoms with van der Waals surface area (Å²) in [7, 11) is 0. The predicted octanol–water partition coefficient (Wildman–Crippen LogP) is 7.85. The third kappa shape index (κ3) is 7.49. The van der Waals surface area contributed by atoms with Gasteiger partial charge in [0.05, 0.1) is 18.6 Å². The Labute approximate surface area is 254 Å². The van der Waals surface area contributed by atoms with Crippen LogP contribution in [0.5, 0.6) is 0 Å². The van der Waals surface area contributed by atoms with Crippen molar-refractivity contribution in [3.63, 3.8) is 0 Å². The summed E-state index contributed by atoms with van der Waals surface area (Å²) in [6, 6.07) is 26.7. The van der Waals surface area contributed by atoms with Gasteiger partial charge in [0.15, 0.2) is 0 Å². The molecular formula is C34H34N2O4S2. The van der Waals surface area contributed by atoms with E-state index < -0.39 is 5.25 Å². The number of amides is 2. The number of thioether (sulfide) groups is 1. The molecule has 1 heterocycles. The average molecular weight is 599 g/mol. The molecule has 6 nitrogen and oxygen atoms in total. The second kappa shape index (κ2) is 14.3. The quantitative estimate of drug-likeness (QED) is 0.110. The Hall–Kier alpha value is -3.88. The predicted molar refractivity (Wildman–Crippen MR) is 170 cm³/mol. The minimum atomic E-state index is -0.585. The lowest BCUT2D eigenvalue weighted by Gasteiger charge is -2.18. The van der Waals surface area contributed by atoms with Gasteiger partial charge >= 0.3 is 5.97 Å². The van der Waals surface area contributed by atoms with Crippen molar-refractivity contribution in [1.82, 2.24) is 0 Å². The van der Waals surface area contributed by atoms with Crippen LogP contribution in [-0.4, -0.2) is 24.4 Å². The number of rotatable bonds is 10. The summed E-state index contributed by atoms with van der Waals surface area (Å²) in [4.78, 5) is 41.7. The number of aryl methyl sites for hydroxylation is 1. The molecule has 4 aromatic rings. The van der Waals surface area contributed by atoms with Gasteiger partial charge in [-0.25, -0.2) is 4.79 Å². The highest BCUT2D eigenvalue weighted by Gasteiger charge is 2.29. The van der Waals surface area contributed by atoms with E-state index in [1.807, 2.05) is 84.9 Å². The normalized spacial score (nSPS) is 13.4. The van der Waals surface area contributed by atoms with Crippen LogP contribution in [0.25, 0.3) is 0 Å². The first-order valence-corrected chi connectivity index (χ1v) is 16.0. The lowest BCUT2D eigenvalue weighted by atomic mass is 10.1. The average Bonchev–Trinajstić information content (AvgIpc) is 3.16. The minimum Gasteiger partial charge on any atom is -0.462 e. The molecule has 1 aromatic heterocycles. The van der Waals surface area contributed by atoms with Crippen LogP contribution in [0.2, 0.25) is 0 Å². The van der Waals surface area contributed by atoms with Crippen molar-refractivity contribution in [2.75, 3.05) is 17.2 Å². The number of fused-ring (bicyclic) bond motifs is 1. The highest BCUT2D eigenvalue weighted by atomic mass is 32.2. The van der Waals surface area contributed by atoms with Gasteiger partial charge in [0, 0.05) is 15.5 Å². The summed E-state index contributed by atoms with van der Waals surface area (Å²) in [6.07, 6.45) is 5.22. The number of carbonyl (C=O) groups is 3. The molecule has 0 saturated carbocycles. The Morgan fingerprint density at radius 3 is 2.38 bits per heavy atom. The number of thiophene rings is 1. The van der Waals surface area contributed by atoms with E-state index in [9.17, 15) is 14.4 Å². The number of hydrogen-bond acceptors (Lipinski definition) is 6. The lowest BCUT2D eigenvalue weighted by Crippen LogP contribution is -2.20. The number of carbonyl (C=O) groups excluding carboxylic acids is 3. The second-order valence-corrected chi connectivity index (χ2v) is 12.4. The van der Waals surface area contributed by atoms with Gasteiger partial charge in [-0.15, -0.1) is 23.1 Å². The van der Waals surface area contributed by atoms with Crippen LogP contribution in [0, 0.1) is 0 Å². The number of esters is 1. The first-order valence-electron chi connectivity index (χ1n) is 14.3. The van der Waals surface area contributed by atoms with Crippen molar-refractivity contribution in [1.29, 1.82) is 0 Å². The molecule has 0 fully saturated rings. The number of nitrogens with one attached hydrogen (secondary N) is 2. The number of hydrogen-bond donors (Lipinski definition) is 2. The van der Waals surface area contributed by atoms with Crippen LogP contribution in [0.1, 0.15) is 63.4 Å². The maximum atomic E-state index is 13.9. The van der Waals surface area contributed by atoms with E-state index in [0.29, 0.717) is 16.3 Å². The summed E-state index contributed by atoms with van der Waals surface area (Å²) in [6.45, 7) is 2.07. The van der Waals surface area contributed by atoms with Crippen molar-refractivity contribution in [3.05, 3.63) is 112 Å². The van der Waals surface area contributed by atoms with E-state index >= 15 is 0 Å². The van der Waals surface area contributed by atoms with Gasteiger partial charge in [0.25, 0.3) is 0 Å². The van der Waals surface area contributed by atoms with E-state index in [4.69, 9.17) is 4.74 Å². The zero-order valence-electron chi connectivity index (χ0n) is 23.6. The SMILES string of the molecule is CCOC(=O)c1c(NC(=O)C(Sc2cccc(NC(=O)Cc3ccccc3)c2)c2ccccc2)sc2c1CCCCC2. The molecule has 0 radical (unpaired) electrons. The summed E-state index contributed by atoms with van der Waals surface area (Å²) in [5.41, 5.74) is 3.98. The Balaban J connectivity index is 1.38. The largest absolute Gasteiger partial charge is 0.462 e. The molecule has 0 aliphatic heterocycles. The van der Waals surface area contributed by atoms with Gasteiger partial charge in [-0.05, 0) is 67.5 Å². The first-order chi connectivity index (χ1) is 20.5. The third-order valence-electron chi connectivity index (χ3n) is 7.06. The van der Waals surface area contributed by atoms with Crippen LogP contribution in [0.3, 0.4) is 0 Å². The van der Waals surface area contributed by atoms with Crippen LogP contribution >= 0.6 is 23.1 Å². The maximum Gasteiger partial charge on any atom is 0.341 e. The molecule has 0 spiro atoms. The molecule has 1 atom stereocenters. The molecule has 0 bridgehead atoms. The fourth-order valence-electron chi connectivity index (χ4n) is 5.10. The fourth-order valence-corrected chi connectivity index (χ4v) is 7.46. The molecule has 1 aliphatic rings. The van der Waals surface area contributed by atoms with Gasteiger partial charge in [-0.1, -0.05) is 73.2 Å². The highest BCUT2D eigenvalue weighted by Crippen LogP contribution is 2.41. The summed E-state index contributed by atoms with van der Waals surface area (Å²) < 4.78 is 5.42. The van der Waals surface area contributed by atoms with Crippen LogP contribution in [-0.2, 0) is 33.6 Å². The maximum absolute atomic E-state index is 13.9. The minimum absolute atomic E-state index is 0.107. The zero-order chi connectivity index (χ0) is 29.3. The molecule has 0 saturated heterocycles. The molecular weight excluding hydrogens is 565 g/mol. The fraction of sp³-hybridized carbons (Fsp3) is 0.265. The number of benzene rings is 3. The van der Waals surface area contributed by atoms with Crippen LogP contribution in [0.15, 0.2) is 89.8 Å². The Kier molecular flexibility index (Phi) is 10.1. The van der Waals surface area contributed by atoms with Crippen molar-refractivity contribution >= 4 is 51.6 Å². The Morgan fingerprint density at radius 1 is 0.881 bits per heavy atom. The van der Waals surface area contributed by atoms with E-state index in [2.05, 4.69) is 10.6 Å². The van der Waals surface area contributed by atoms with Crippen molar-refractivity contribution in [3.8, 4) is 0 Å². The van der Waals surface area contributed by atoms with Crippen LogP contribution in [0.4, 0.5) is 10.7 Å². The Morgan fingerprint density at radius 2 is 1.62 bits per heavy atom. The van der Waals surface area contributed by atoms with E-state index in [0.717, 1.165) is 58.6 Å². The molecule has 2 N–H and O–H groups in total. The molecule has 216 valence electrons. The van der Waals surface area contributed by atoms with Gasteiger partial charge < -0.3 is 15.4 Å². The smallest absolute Gasteiger partial charge is 0.341 e. The third-order valence-corrected chi connectivity index (χ3v) is 9.51. The van der Waals surface area contributed by atoms with Gasteiger partial charge in [-0.3, -0.25) is 9.59 Å². The topological polar surface area (TPSA) is 84.5 Å². The highest BCUT2D eigenvalue weighted by molar-refractivity contribution is 8.00. The molecule has 5 rings (SSSR count). The van der Waals surface area contributed by atoms with E-state index in [1.54, 1.807) is 6.92 Å². The summed E-state index contributed by atoms with van der Waals surface area (Å²) >= 11 is 2.90. The van der Waals surface area contributed by atoms with Gasteiger partial charge in [0.1, 0.15) is 10.3 Å². The Bertz CT molecular complexity index is 1540. The second-order valence-electron chi connectivity index (χ2n) is 10.1. The lowest BCUT2D eigenvalue weighted by molar-refractivity contribution is -0.116. The number of ether oxygens (including phenoxy) is 1. The molecule has 1 aliphatic carbocycles. The van der Waals surface area contributed by atoms with Crippen molar-refractivity contribution < 1.29 is 19.1 Å². The molecule has 1 unspecified atom stereocenters. The molecule has 3 aromatic carbocycles. The zero-order valence-corrected chi connectivity index (χ0v) is 25.2. The first kappa shape index (κ1) is 29.6. The molecule has 2 amide bonds. The van der Waals surface area contributed by atoms with Crippen molar-refractivity contribution in [2.24, 2.45) is 0 Å². The van der Waals surface area contributed by atoms with E-state index in [-0.39, 0.29) is 30.8 Å².